The topological polar surface area (TPSA) is 37.3 Å². The van der Waals surface area contributed by atoms with Gasteiger partial charge >= 0.3 is 5.97 Å². The minimum Gasteiger partial charge on any atom is -0.480 e. The van der Waals surface area contributed by atoms with Crippen molar-refractivity contribution in [2.75, 3.05) is 5.88 Å². The Hall–Kier alpha value is 0.383. The molecule has 32 valence electrons. The predicted molar refractivity (Wildman–Crippen MR) is 18.4 cm³/mol. The van der Waals surface area contributed by atoms with Gasteiger partial charge in [-0.05, 0) is 0 Å². The number of aliphatic carboxylic acids is 1. The van der Waals surface area contributed by atoms with Crippen LogP contribution in [0.15, 0.2) is 0 Å². The normalized spacial score (nSPS) is 6.17. The number of hydrogen-bond donors (Lipinski definition) is 1. The van der Waals surface area contributed by atoms with E-state index in [1.165, 1.54) is 0 Å². The van der Waals surface area contributed by atoms with Crippen molar-refractivity contribution >= 4 is 17.6 Å². The molecule has 6 heavy (non-hydrogen) atoms. The van der Waals surface area contributed by atoms with E-state index in [0.717, 1.165) is 0 Å². The molecule has 0 saturated carbocycles. The summed E-state index contributed by atoms with van der Waals surface area (Å²) in [6.07, 6.45) is 0. The van der Waals surface area contributed by atoms with Crippen LogP contribution in [0.2, 0.25) is 0 Å². The quantitative estimate of drug-likeness (QED) is 0.442. The van der Waals surface area contributed by atoms with E-state index in [9.17, 15) is 4.79 Å². The van der Waals surface area contributed by atoms with Gasteiger partial charge in [0.1, 0.15) is 5.88 Å². The summed E-state index contributed by atoms with van der Waals surface area (Å²) >= 11 is 4.74. The Morgan fingerprint density at radius 3 is 2.00 bits per heavy atom. The Morgan fingerprint density at radius 1 is 1.83 bits per heavy atom. The largest absolute Gasteiger partial charge is 0.480 e. The van der Waals surface area contributed by atoms with Crippen LogP contribution in [-0.2, 0) is 24.3 Å². The fraction of sp³-hybridized carbons (Fsp3) is 0.500. The summed E-state index contributed by atoms with van der Waals surface area (Å²) in [4.78, 5) is 9.24. The van der Waals surface area contributed by atoms with Crippen molar-refractivity contribution in [3.63, 3.8) is 0 Å². The van der Waals surface area contributed by atoms with Crippen molar-refractivity contribution < 1.29 is 29.4 Å². The number of rotatable bonds is 1. The summed E-state index contributed by atoms with van der Waals surface area (Å²) in [5, 5.41) is 7.59. The van der Waals surface area contributed by atoms with Gasteiger partial charge in [0.05, 0.1) is 0 Å². The minimum absolute atomic E-state index is 0. The Labute approximate surface area is 53.2 Å². The molecule has 0 rings (SSSR count). The zero-order valence-corrected chi connectivity index (χ0v) is 6.87. The van der Waals surface area contributed by atoms with Crippen LogP contribution >= 0.6 is 11.6 Å². The maximum atomic E-state index is 9.24. The van der Waals surface area contributed by atoms with Gasteiger partial charge in [0.15, 0.2) is 0 Å². The van der Waals surface area contributed by atoms with Crippen LogP contribution in [0.4, 0.5) is 0 Å². The molecule has 0 aliphatic heterocycles. The van der Waals surface area contributed by atoms with Crippen molar-refractivity contribution in [2.24, 2.45) is 0 Å². The van der Waals surface area contributed by atoms with Crippen LogP contribution in [0, 0.1) is 0 Å². The van der Waals surface area contributed by atoms with Crippen LogP contribution in [0.25, 0.3) is 0 Å². The van der Waals surface area contributed by atoms with Crippen LogP contribution in [0.5, 0.6) is 0 Å². The van der Waals surface area contributed by atoms with E-state index in [4.69, 9.17) is 16.7 Å². The molecular formula is C2H3ClO2Zn. The number of hydrogen-bond acceptors (Lipinski definition) is 1. The third kappa shape index (κ3) is 8.83. The van der Waals surface area contributed by atoms with Gasteiger partial charge in [-0.15, -0.1) is 11.6 Å². The second-order valence-corrected chi connectivity index (χ2v) is 0.795. The molecule has 0 atom stereocenters. The van der Waals surface area contributed by atoms with E-state index < -0.39 is 5.97 Å². The molecule has 0 bridgehead atoms. The summed E-state index contributed by atoms with van der Waals surface area (Å²) in [7, 11) is 0. The first kappa shape index (κ1) is 9.63. The molecule has 0 aromatic rings. The zero-order valence-electron chi connectivity index (χ0n) is 3.15. The van der Waals surface area contributed by atoms with Crippen LogP contribution < -0.4 is 0 Å². The number of carboxylic acids is 1. The SMILES string of the molecule is O=C(O)CCl.[Zn]. The van der Waals surface area contributed by atoms with Crippen molar-refractivity contribution in [2.45, 2.75) is 0 Å². The molecule has 0 heterocycles. The van der Waals surface area contributed by atoms with E-state index >= 15 is 0 Å². The van der Waals surface area contributed by atoms with Gasteiger partial charge in [-0.25, -0.2) is 0 Å². The average molecular weight is 160 g/mol. The first-order chi connectivity index (χ1) is 2.27. The second kappa shape index (κ2) is 5.38. The zero-order chi connectivity index (χ0) is 4.28. The fourth-order valence-corrected chi connectivity index (χ4v) is 0. The fourth-order valence-electron chi connectivity index (χ4n) is 0. The molecule has 0 radical (unpaired) electrons. The van der Waals surface area contributed by atoms with Gasteiger partial charge in [0, 0.05) is 19.5 Å². The summed E-state index contributed by atoms with van der Waals surface area (Å²) in [5.41, 5.74) is 0. The average Bonchev–Trinajstić information content (AvgIpc) is 1.38. The van der Waals surface area contributed by atoms with Crippen molar-refractivity contribution in [3.05, 3.63) is 0 Å². The van der Waals surface area contributed by atoms with Gasteiger partial charge in [0.25, 0.3) is 0 Å². The summed E-state index contributed by atoms with van der Waals surface area (Å²) in [6, 6.07) is 0. The van der Waals surface area contributed by atoms with E-state index in [1.54, 1.807) is 0 Å². The van der Waals surface area contributed by atoms with Crippen molar-refractivity contribution in [1.29, 1.82) is 0 Å². The number of carboxylic acid groups (broad SMARTS) is 1. The third-order valence-electron chi connectivity index (χ3n) is 0.114. The Kier molecular flexibility index (Phi) is 8.64. The third-order valence-corrected chi connectivity index (χ3v) is 0.343. The molecular weight excluding hydrogens is 157 g/mol. The van der Waals surface area contributed by atoms with Crippen molar-refractivity contribution in [1.82, 2.24) is 0 Å². The molecule has 0 aromatic carbocycles. The van der Waals surface area contributed by atoms with Gasteiger partial charge in [-0.1, -0.05) is 0 Å². The molecule has 0 unspecified atom stereocenters. The van der Waals surface area contributed by atoms with E-state index in [2.05, 4.69) is 0 Å². The molecule has 0 spiro atoms. The molecule has 0 aliphatic carbocycles. The predicted octanol–water partition coefficient (Wildman–Crippen LogP) is 0.307. The first-order valence-corrected chi connectivity index (χ1v) is 1.58. The molecule has 0 aromatic heterocycles. The van der Waals surface area contributed by atoms with E-state index in [0.29, 0.717) is 0 Å². The van der Waals surface area contributed by atoms with Crippen molar-refractivity contribution in [3.8, 4) is 0 Å². The van der Waals surface area contributed by atoms with Gasteiger partial charge in [0.2, 0.25) is 0 Å². The second-order valence-electron chi connectivity index (χ2n) is 0.527. The van der Waals surface area contributed by atoms with E-state index in [1.807, 2.05) is 0 Å². The number of halogens is 1. The summed E-state index contributed by atoms with van der Waals surface area (Å²) < 4.78 is 0. The Morgan fingerprint density at radius 2 is 2.00 bits per heavy atom. The summed E-state index contributed by atoms with van der Waals surface area (Å²) in [5.74, 6) is -1.29. The Balaban J connectivity index is 0. The molecule has 2 nitrogen and oxygen atoms in total. The summed E-state index contributed by atoms with van der Waals surface area (Å²) in [6.45, 7) is 0. The van der Waals surface area contributed by atoms with Crippen LogP contribution in [-0.4, -0.2) is 17.0 Å². The maximum Gasteiger partial charge on any atom is 0.318 e. The maximum absolute atomic E-state index is 9.24. The monoisotopic (exact) mass is 158 g/mol. The minimum atomic E-state index is -0.980. The van der Waals surface area contributed by atoms with Gasteiger partial charge in [-0.2, -0.15) is 0 Å². The standard InChI is InChI=1S/C2H3ClO2.Zn/c3-1-2(4)5;/h1H2,(H,4,5);. The van der Waals surface area contributed by atoms with E-state index in [-0.39, 0.29) is 25.4 Å². The molecule has 0 saturated heterocycles. The van der Waals surface area contributed by atoms with Crippen LogP contribution in [0.1, 0.15) is 0 Å². The van der Waals surface area contributed by atoms with Crippen LogP contribution in [0.3, 0.4) is 0 Å². The van der Waals surface area contributed by atoms with Gasteiger partial charge in [-0.3, -0.25) is 4.79 Å². The number of alkyl halides is 1. The molecule has 0 fully saturated rings. The molecule has 0 aliphatic rings. The molecule has 4 heteroatoms. The molecule has 1 N–H and O–H groups in total. The Bertz CT molecular complexity index is 46.8. The first-order valence-electron chi connectivity index (χ1n) is 1.05. The number of carbonyl (C=O) groups is 1. The molecule has 0 amide bonds. The smallest absolute Gasteiger partial charge is 0.318 e. The van der Waals surface area contributed by atoms with Gasteiger partial charge < -0.3 is 5.11 Å².